The molecule has 2 aliphatic heterocycles. The number of amides is 1. The van der Waals surface area contributed by atoms with Crippen LogP contribution < -0.4 is 9.64 Å². The second kappa shape index (κ2) is 7.60. The van der Waals surface area contributed by atoms with Crippen LogP contribution >= 0.6 is 11.8 Å². The van der Waals surface area contributed by atoms with E-state index in [1.54, 1.807) is 7.11 Å². The van der Waals surface area contributed by atoms with E-state index in [1.165, 1.54) is 11.8 Å². The molecule has 0 aromatic heterocycles. The number of fused-ring (bicyclic) bond motifs is 1. The highest BCUT2D eigenvalue weighted by Gasteiger charge is 2.49. The Morgan fingerprint density at radius 3 is 2.54 bits per heavy atom. The Kier molecular flexibility index (Phi) is 5.16. The van der Waals surface area contributed by atoms with Gasteiger partial charge in [-0.2, -0.15) is 4.99 Å². The summed E-state index contributed by atoms with van der Waals surface area (Å²) >= 11 is 1.39. The Morgan fingerprint density at radius 1 is 1.14 bits per heavy atom. The maximum absolute atomic E-state index is 12.6. The van der Waals surface area contributed by atoms with Crippen molar-refractivity contribution in [2.24, 2.45) is 4.99 Å². The lowest BCUT2D eigenvalue weighted by atomic mass is 10.1. The fraction of sp³-hybridized carbons (Fsp3) is 0.300. The molecule has 4 rings (SSSR count). The number of nitrogens with zero attached hydrogens (tertiary/aromatic N) is 2. The predicted molar refractivity (Wildman–Crippen MR) is 112 cm³/mol. The van der Waals surface area contributed by atoms with E-state index in [-0.39, 0.29) is 35.1 Å². The molecule has 2 heterocycles. The zero-order valence-electron chi connectivity index (χ0n) is 15.3. The van der Waals surface area contributed by atoms with Crippen LogP contribution in [0, 0.1) is 0 Å². The van der Waals surface area contributed by atoms with Crippen molar-refractivity contribution in [2.75, 3.05) is 23.5 Å². The molecule has 28 heavy (non-hydrogen) atoms. The number of ether oxygens (including phenoxy) is 1. The Balaban J connectivity index is 1.58. The summed E-state index contributed by atoms with van der Waals surface area (Å²) in [6, 6.07) is 16.6. The zero-order chi connectivity index (χ0) is 19.7. The first-order valence-electron chi connectivity index (χ1n) is 8.91. The summed E-state index contributed by atoms with van der Waals surface area (Å²) < 4.78 is 29.3. The molecule has 146 valence electrons. The number of hydrogen-bond donors (Lipinski definition) is 0. The van der Waals surface area contributed by atoms with Crippen molar-refractivity contribution in [3.05, 3.63) is 60.2 Å². The van der Waals surface area contributed by atoms with Crippen molar-refractivity contribution in [2.45, 2.75) is 17.7 Å². The average molecular weight is 417 g/mol. The molecule has 0 unspecified atom stereocenters. The van der Waals surface area contributed by atoms with Crippen LogP contribution in [-0.4, -0.2) is 49.4 Å². The summed E-state index contributed by atoms with van der Waals surface area (Å²) in [6.45, 7) is 0. The van der Waals surface area contributed by atoms with Gasteiger partial charge in [0.1, 0.15) is 5.75 Å². The third-order valence-corrected chi connectivity index (χ3v) is 8.05. The summed E-state index contributed by atoms with van der Waals surface area (Å²) in [5.41, 5.74) is 1.71. The van der Waals surface area contributed by atoms with Crippen molar-refractivity contribution >= 4 is 38.4 Å². The quantitative estimate of drug-likeness (QED) is 0.762. The molecule has 6 nitrogen and oxygen atoms in total. The molecule has 1 amide bonds. The van der Waals surface area contributed by atoms with E-state index < -0.39 is 9.84 Å². The highest BCUT2D eigenvalue weighted by molar-refractivity contribution is 8.16. The van der Waals surface area contributed by atoms with Gasteiger partial charge in [-0.05, 0) is 29.8 Å². The van der Waals surface area contributed by atoms with E-state index in [0.717, 1.165) is 17.0 Å². The molecule has 2 aromatic carbocycles. The summed E-state index contributed by atoms with van der Waals surface area (Å²) in [7, 11) is -1.47. The largest absolute Gasteiger partial charge is 0.497 e. The number of rotatable bonds is 4. The number of methoxy groups -OCH3 is 1. The van der Waals surface area contributed by atoms with E-state index in [1.807, 2.05) is 59.5 Å². The van der Waals surface area contributed by atoms with E-state index in [9.17, 15) is 13.2 Å². The van der Waals surface area contributed by atoms with Gasteiger partial charge in [0, 0.05) is 10.9 Å². The Labute approximate surface area is 168 Å². The Bertz CT molecular complexity index is 1000. The molecule has 0 radical (unpaired) electrons. The van der Waals surface area contributed by atoms with E-state index >= 15 is 0 Å². The molecule has 0 N–H and O–H groups in total. The average Bonchev–Trinajstić information content (AvgIpc) is 3.13. The number of anilines is 1. The van der Waals surface area contributed by atoms with Gasteiger partial charge < -0.3 is 9.64 Å². The summed E-state index contributed by atoms with van der Waals surface area (Å²) in [4.78, 5) is 18.8. The van der Waals surface area contributed by atoms with Gasteiger partial charge in [-0.15, -0.1) is 0 Å². The normalized spacial score (nSPS) is 24.3. The van der Waals surface area contributed by atoms with E-state index in [0.29, 0.717) is 5.17 Å². The van der Waals surface area contributed by atoms with Crippen molar-refractivity contribution < 1.29 is 17.9 Å². The first-order chi connectivity index (χ1) is 13.4. The number of benzene rings is 2. The topological polar surface area (TPSA) is 76.0 Å². The van der Waals surface area contributed by atoms with Crippen molar-refractivity contribution in [1.29, 1.82) is 0 Å². The number of aliphatic imine (C=N–C) groups is 1. The molecule has 2 saturated heterocycles. The van der Waals surface area contributed by atoms with Crippen LogP contribution in [0.15, 0.2) is 59.6 Å². The molecule has 2 fully saturated rings. The van der Waals surface area contributed by atoms with Crippen molar-refractivity contribution in [3.63, 3.8) is 0 Å². The minimum Gasteiger partial charge on any atom is -0.497 e. The zero-order valence-corrected chi connectivity index (χ0v) is 16.9. The number of hydrogen-bond acceptors (Lipinski definition) is 5. The van der Waals surface area contributed by atoms with Crippen LogP contribution in [0.1, 0.15) is 5.56 Å². The van der Waals surface area contributed by atoms with Crippen LogP contribution in [0.4, 0.5) is 5.69 Å². The third kappa shape index (κ3) is 3.93. The van der Waals surface area contributed by atoms with Gasteiger partial charge in [-0.3, -0.25) is 4.79 Å². The lowest BCUT2D eigenvalue weighted by Gasteiger charge is -2.24. The van der Waals surface area contributed by atoms with Gasteiger partial charge in [-0.1, -0.05) is 42.1 Å². The van der Waals surface area contributed by atoms with Gasteiger partial charge in [-0.25, -0.2) is 8.42 Å². The molecule has 0 spiro atoms. The maximum atomic E-state index is 12.6. The molecule has 0 aliphatic carbocycles. The number of sulfone groups is 1. The predicted octanol–water partition coefficient (Wildman–Crippen LogP) is 2.54. The molecule has 2 aliphatic rings. The SMILES string of the molecule is COc1ccc(CC(=O)N=C2S[C@H]3CS(=O)(=O)C[C@H]3N2c2ccccc2)cc1. The second-order valence-electron chi connectivity index (χ2n) is 6.82. The van der Waals surface area contributed by atoms with E-state index in [4.69, 9.17) is 4.74 Å². The van der Waals surface area contributed by atoms with Crippen LogP contribution in [0.5, 0.6) is 5.75 Å². The van der Waals surface area contributed by atoms with Gasteiger partial charge in [0.25, 0.3) is 5.91 Å². The minimum atomic E-state index is -3.07. The summed E-state index contributed by atoms with van der Waals surface area (Å²) in [6.07, 6.45) is 0.185. The smallest absolute Gasteiger partial charge is 0.252 e. The Hall–Kier alpha value is -2.32. The van der Waals surface area contributed by atoms with E-state index in [2.05, 4.69) is 4.99 Å². The highest BCUT2D eigenvalue weighted by Crippen LogP contribution is 2.40. The monoisotopic (exact) mass is 416 g/mol. The Morgan fingerprint density at radius 2 is 1.86 bits per heavy atom. The molecule has 0 bridgehead atoms. The lowest BCUT2D eigenvalue weighted by Crippen LogP contribution is -2.37. The van der Waals surface area contributed by atoms with Gasteiger partial charge in [0.2, 0.25) is 0 Å². The van der Waals surface area contributed by atoms with Crippen LogP contribution in [0.2, 0.25) is 0 Å². The number of amidine groups is 1. The van der Waals surface area contributed by atoms with Crippen molar-refractivity contribution in [3.8, 4) is 5.75 Å². The van der Waals surface area contributed by atoms with Crippen molar-refractivity contribution in [1.82, 2.24) is 0 Å². The van der Waals surface area contributed by atoms with Gasteiger partial charge in [0.05, 0.1) is 31.1 Å². The summed E-state index contributed by atoms with van der Waals surface area (Å²) in [5.74, 6) is 0.692. The fourth-order valence-corrected chi connectivity index (χ4v) is 7.45. The number of para-hydroxylation sites is 1. The molecular weight excluding hydrogens is 396 g/mol. The first kappa shape index (κ1) is 19.0. The number of carbonyl (C=O) groups is 1. The molecule has 2 aromatic rings. The fourth-order valence-electron chi connectivity index (χ4n) is 3.52. The van der Waals surface area contributed by atoms with Crippen LogP contribution in [0.3, 0.4) is 0 Å². The molecule has 8 heteroatoms. The van der Waals surface area contributed by atoms with Gasteiger partial charge >= 0.3 is 0 Å². The minimum absolute atomic E-state index is 0.0885. The van der Waals surface area contributed by atoms with Gasteiger partial charge in [0.15, 0.2) is 15.0 Å². The number of thioether (sulfide) groups is 1. The number of carbonyl (C=O) groups excluding carboxylic acids is 1. The first-order valence-corrected chi connectivity index (χ1v) is 11.6. The van der Waals surface area contributed by atoms with Crippen LogP contribution in [-0.2, 0) is 21.1 Å². The third-order valence-electron chi connectivity index (χ3n) is 4.84. The molecule has 2 atom stereocenters. The highest BCUT2D eigenvalue weighted by atomic mass is 32.2. The molecule has 0 saturated carbocycles. The standard InChI is InChI=1S/C20H20N2O4S2/c1-26-16-9-7-14(8-10-16)11-19(23)21-20-22(15-5-3-2-4-6-15)17-12-28(24,25)13-18(17)27-20/h2-10,17-18H,11-13H2,1H3/t17-,18+/m1/s1. The lowest BCUT2D eigenvalue weighted by molar-refractivity contribution is -0.117. The molecular formula is C20H20N2O4S2. The maximum Gasteiger partial charge on any atom is 0.252 e. The van der Waals surface area contributed by atoms with Crippen LogP contribution in [0.25, 0.3) is 0 Å². The summed E-state index contributed by atoms with van der Waals surface area (Å²) in [5, 5.41) is 0.479. The second-order valence-corrected chi connectivity index (χ2v) is 10.2.